The van der Waals surface area contributed by atoms with Gasteiger partial charge in [-0.15, -0.1) is 0 Å². The summed E-state index contributed by atoms with van der Waals surface area (Å²) in [5, 5.41) is 4.31. The van der Waals surface area contributed by atoms with E-state index >= 15 is 0 Å². The van der Waals surface area contributed by atoms with Crippen molar-refractivity contribution in [3.8, 4) is 5.75 Å². The fraction of sp³-hybridized carbons (Fsp3) is 0.294. The van der Waals surface area contributed by atoms with Crippen LogP contribution in [0.25, 0.3) is 0 Å². The number of halogens is 1. The number of carbonyl (C=O) groups excluding carboxylic acids is 1. The van der Waals surface area contributed by atoms with E-state index in [2.05, 4.69) is 15.4 Å². The molecule has 1 aromatic heterocycles. The van der Waals surface area contributed by atoms with Gasteiger partial charge in [-0.25, -0.2) is 5.43 Å². The van der Waals surface area contributed by atoms with E-state index < -0.39 is 5.91 Å². The lowest BCUT2D eigenvalue weighted by atomic mass is 10.3. The van der Waals surface area contributed by atoms with Crippen LogP contribution in [0, 0.1) is 0 Å². The van der Waals surface area contributed by atoms with Crippen molar-refractivity contribution in [1.29, 1.82) is 0 Å². The fourth-order valence-corrected chi connectivity index (χ4v) is 2.46. The Bertz CT molecular complexity index is 741. The zero-order valence-corrected chi connectivity index (χ0v) is 14.2. The highest BCUT2D eigenvalue weighted by Crippen LogP contribution is 2.22. The molecule has 7 nitrogen and oxygen atoms in total. The Balaban J connectivity index is 1.45. The maximum absolute atomic E-state index is 11.7. The summed E-state index contributed by atoms with van der Waals surface area (Å²) in [6.07, 6.45) is 1.44. The van der Waals surface area contributed by atoms with E-state index in [1.165, 1.54) is 6.21 Å². The third-order valence-electron chi connectivity index (χ3n) is 3.51. The van der Waals surface area contributed by atoms with Gasteiger partial charge in [0, 0.05) is 19.2 Å². The van der Waals surface area contributed by atoms with Crippen LogP contribution in [0.3, 0.4) is 0 Å². The van der Waals surface area contributed by atoms with Crippen molar-refractivity contribution in [2.24, 2.45) is 5.10 Å². The second-order valence-electron chi connectivity index (χ2n) is 5.29. The number of hydrazone groups is 1. The zero-order valence-electron chi connectivity index (χ0n) is 13.5. The quantitative estimate of drug-likeness (QED) is 0.629. The summed E-state index contributed by atoms with van der Waals surface area (Å²) in [6.45, 7) is 2.77. The summed E-state index contributed by atoms with van der Waals surface area (Å²) >= 11 is 5.95. The van der Waals surface area contributed by atoms with Gasteiger partial charge >= 0.3 is 0 Å². The average molecular weight is 364 g/mol. The van der Waals surface area contributed by atoms with Crippen LogP contribution in [0.2, 0.25) is 5.02 Å². The number of hydrogen-bond acceptors (Lipinski definition) is 6. The van der Waals surface area contributed by atoms with Crippen LogP contribution in [-0.4, -0.2) is 45.0 Å². The minimum atomic E-state index is -0.392. The molecule has 8 heteroatoms. The minimum absolute atomic E-state index is 0.182. The summed E-state index contributed by atoms with van der Waals surface area (Å²) in [4.78, 5) is 13.8. The molecule has 2 heterocycles. The molecule has 2 aromatic rings. The molecular formula is C17H18ClN3O4. The number of furan rings is 1. The zero-order chi connectivity index (χ0) is 17.5. The maximum Gasteiger partial charge on any atom is 0.277 e. The third-order valence-corrected chi connectivity index (χ3v) is 3.82. The minimum Gasteiger partial charge on any atom is -0.482 e. The highest BCUT2D eigenvalue weighted by atomic mass is 35.5. The third kappa shape index (κ3) is 4.98. The Hall–Kier alpha value is -2.51. The summed E-state index contributed by atoms with van der Waals surface area (Å²) in [5.74, 6) is 1.37. The van der Waals surface area contributed by atoms with E-state index in [1.807, 2.05) is 6.07 Å². The van der Waals surface area contributed by atoms with E-state index in [1.54, 1.807) is 30.3 Å². The van der Waals surface area contributed by atoms with E-state index in [9.17, 15) is 4.79 Å². The number of morpholine rings is 1. The lowest BCUT2D eigenvalue weighted by Crippen LogP contribution is -2.35. The van der Waals surface area contributed by atoms with Crippen LogP contribution in [0.15, 0.2) is 45.9 Å². The molecule has 1 fully saturated rings. The van der Waals surface area contributed by atoms with E-state index in [4.69, 9.17) is 25.5 Å². The number of nitrogens with one attached hydrogen (secondary N) is 1. The number of hydrogen-bond donors (Lipinski definition) is 1. The standard InChI is InChI=1S/C17H18ClN3O4/c18-14-3-1-2-4-15(14)24-12-16(22)20-19-11-13-5-6-17(25-13)21-7-9-23-10-8-21/h1-6,11H,7-10,12H2,(H,20,22)/b19-11+. The molecule has 0 bridgehead atoms. The summed E-state index contributed by atoms with van der Waals surface area (Å²) < 4.78 is 16.3. The molecule has 0 unspecified atom stereocenters. The van der Waals surface area contributed by atoms with E-state index in [-0.39, 0.29) is 6.61 Å². The van der Waals surface area contributed by atoms with Crippen molar-refractivity contribution in [2.45, 2.75) is 0 Å². The molecule has 3 rings (SSSR count). The second kappa shape index (κ2) is 8.55. The van der Waals surface area contributed by atoms with Gasteiger partial charge in [0.15, 0.2) is 12.5 Å². The van der Waals surface area contributed by atoms with Gasteiger partial charge in [0.25, 0.3) is 5.91 Å². The van der Waals surface area contributed by atoms with Crippen LogP contribution in [0.1, 0.15) is 5.76 Å². The molecule has 0 radical (unpaired) electrons. The predicted molar refractivity (Wildman–Crippen MR) is 94.4 cm³/mol. The Labute approximate surface area is 150 Å². The van der Waals surface area contributed by atoms with Gasteiger partial charge in [-0.2, -0.15) is 5.10 Å². The first-order valence-corrected chi connectivity index (χ1v) is 8.22. The topological polar surface area (TPSA) is 76.3 Å². The second-order valence-corrected chi connectivity index (χ2v) is 5.69. The number of rotatable bonds is 6. The molecule has 132 valence electrons. The van der Waals surface area contributed by atoms with Crippen LogP contribution < -0.4 is 15.1 Å². The number of amides is 1. The molecule has 0 spiro atoms. The lowest BCUT2D eigenvalue weighted by Gasteiger charge is -2.26. The molecule has 0 aliphatic carbocycles. The van der Waals surface area contributed by atoms with Gasteiger partial charge in [0.05, 0.1) is 24.5 Å². The molecule has 0 atom stereocenters. The summed E-state index contributed by atoms with van der Waals surface area (Å²) in [7, 11) is 0. The molecule has 1 N–H and O–H groups in total. The molecule has 1 aromatic carbocycles. The molecule has 0 saturated carbocycles. The van der Waals surface area contributed by atoms with Crippen molar-refractivity contribution < 1.29 is 18.7 Å². The Morgan fingerprint density at radius 3 is 2.88 bits per heavy atom. The number of benzene rings is 1. The summed E-state index contributed by atoms with van der Waals surface area (Å²) in [5.41, 5.74) is 2.38. The largest absolute Gasteiger partial charge is 0.482 e. The van der Waals surface area contributed by atoms with Gasteiger partial charge in [0.2, 0.25) is 0 Å². The highest BCUT2D eigenvalue weighted by Gasteiger charge is 2.14. The molecule has 25 heavy (non-hydrogen) atoms. The SMILES string of the molecule is O=C(COc1ccccc1Cl)N/N=C/c1ccc(N2CCOCC2)o1. The van der Waals surface area contributed by atoms with Crippen molar-refractivity contribution in [1.82, 2.24) is 5.43 Å². The van der Waals surface area contributed by atoms with Crippen LogP contribution in [0.5, 0.6) is 5.75 Å². The Morgan fingerprint density at radius 1 is 1.28 bits per heavy atom. The van der Waals surface area contributed by atoms with Gasteiger partial charge in [0.1, 0.15) is 11.5 Å². The maximum atomic E-state index is 11.7. The van der Waals surface area contributed by atoms with Crippen molar-refractivity contribution >= 4 is 29.6 Å². The van der Waals surface area contributed by atoms with Crippen molar-refractivity contribution in [3.05, 3.63) is 47.2 Å². The van der Waals surface area contributed by atoms with Gasteiger partial charge in [-0.05, 0) is 18.2 Å². The lowest BCUT2D eigenvalue weighted by molar-refractivity contribution is -0.123. The van der Waals surface area contributed by atoms with Crippen LogP contribution in [-0.2, 0) is 9.53 Å². The van der Waals surface area contributed by atoms with Crippen molar-refractivity contribution in [3.63, 3.8) is 0 Å². The first-order chi connectivity index (χ1) is 12.2. The highest BCUT2D eigenvalue weighted by molar-refractivity contribution is 6.32. The van der Waals surface area contributed by atoms with Crippen LogP contribution >= 0.6 is 11.6 Å². The van der Waals surface area contributed by atoms with E-state index in [0.717, 1.165) is 19.0 Å². The Kier molecular flexibility index (Phi) is 5.92. The Morgan fingerprint density at radius 2 is 2.08 bits per heavy atom. The van der Waals surface area contributed by atoms with Gasteiger partial charge in [-0.1, -0.05) is 23.7 Å². The molecule has 1 aliphatic heterocycles. The number of anilines is 1. The normalized spacial score (nSPS) is 14.7. The average Bonchev–Trinajstić information content (AvgIpc) is 3.11. The molecule has 1 amide bonds. The molecule has 1 aliphatic rings. The molecule has 1 saturated heterocycles. The summed E-state index contributed by atoms with van der Waals surface area (Å²) in [6, 6.07) is 10.6. The fourth-order valence-electron chi connectivity index (χ4n) is 2.27. The first-order valence-electron chi connectivity index (χ1n) is 7.84. The number of para-hydroxylation sites is 1. The first kappa shape index (κ1) is 17.3. The van der Waals surface area contributed by atoms with Crippen LogP contribution in [0.4, 0.5) is 5.88 Å². The van der Waals surface area contributed by atoms with E-state index in [0.29, 0.717) is 29.7 Å². The van der Waals surface area contributed by atoms with Gasteiger partial charge < -0.3 is 18.8 Å². The van der Waals surface area contributed by atoms with Gasteiger partial charge in [-0.3, -0.25) is 4.79 Å². The number of nitrogens with zero attached hydrogens (tertiary/aromatic N) is 2. The van der Waals surface area contributed by atoms with Crippen molar-refractivity contribution in [2.75, 3.05) is 37.8 Å². The molecular weight excluding hydrogens is 346 g/mol. The number of ether oxygens (including phenoxy) is 2. The predicted octanol–water partition coefficient (Wildman–Crippen LogP) is 2.30. The monoisotopic (exact) mass is 363 g/mol. The smallest absolute Gasteiger partial charge is 0.277 e. The number of carbonyl (C=O) groups is 1.